The van der Waals surface area contributed by atoms with Crippen LogP contribution in [0.2, 0.25) is 0 Å². The summed E-state index contributed by atoms with van der Waals surface area (Å²) in [4.78, 5) is 13.4. The van der Waals surface area contributed by atoms with Crippen molar-refractivity contribution < 1.29 is 13.9 Å². The van der Waals surface area contributed by atoms with Gasteiger partial charge in [0.25, 0.3) is 0 Å². The number of hydrogen-bond acceptors (Lipinski definition) is 6. The average Bonchev–Trinajstić information content (AvgIpc) is 3.34. The molecule has 2 fully saturated rings. The van der Waals surface area contributed by atoms with Crippen LogP contribution in [0.4, 0.5) is 4.39 Å². The maximum atomic E-state index is 14.3. The predicted octanol–water partition coefficient (Wildman–Crippen LogP) is 2.90. The lowest BCUT2D eigenvalue weighted by Gasteiger charge is -2.32. The van der Waals surface area contributed by atoms with Gasteiger partial charge < -0.3 is 14.0 Å². The third-order valence-electron chi connectivity index (χ3n) is 5.56. The summed E-state index contributed by atoms with van der Waals surface area (Å²) in [6.07, 6.45) is 7.39. The highest BCUT2D eigenvalue weighted by Gasteiger charge is 2.40. The van der Waals surface area contributed by atoms with Gasteiger partial charge in [0.05, 0.1) is 18.7 Å². The third-order valence-corrected chi connectivity index (χ3v) is 5.56. The van der Waals surface area contributed by atoms with Gasteiger partial charge in [0.2, 0.25) is 5.88 Å². The van der Waals surface area contributed by atoms with Crippen LogP contribution in [-0.2, 0) is 4.74 Å². The smallest absolute Gasteiger partial charge is 0.242 e. The van der Waals surface area contributed by atoms with Crippen LogP contribution in [-0.4, -0.2) is 54.6 Å². The number of hydrogen-bond donors (Lipinski definition) is 0. The van der Waals surface area contributed by atoms with Crippen LogP contribution in [0.3, 0.4) is 0 Å². The molecule has 0 aromatic carbocycles. The third kappa shape index (κ3) is 2.68. The van der Waals surface area contributed by atoms with Gasteiger partial charge in [0, 0.05) is 29.6 Å². The Morgan fingerprint density at radius 2 is 2.17 bits per heavy atom. The van der Waals surface area contributed by atoms with E-state index in [4.69, 9.17) is 9.47 Å². The molecule has 29 heavy (non-hydrogen) atoms. The molecule has 0 radical (unpaired) electrons. The topological polar surface area (TPSA) is 79.4 Å². The lowest BCUT2D eigenvalue weighted by molar-refractivity contribution is -0.146. The van der Waals surface area contributed by atoms with Gasteiger partial charge in [-0.2, -0.15) is 10.1 Å². The Labute approximate surface area is 165 Å². The highest BCUT2D eigenvalue weighted by molar-refractivity contribution is 5.88. The number of ether oxygens (including phenoxy) is 2. The summed E-state index contributed by atoms with van der Waals surface area (Å²) in [5.74, 6) is 1.33. The molecule has 1 saturated carbocycles. The van der Waals surface area contributed by atoms with Crippen molar-refractivity contribution >= 4 is 16.7 Å². The minimum atomic E-state index is -1.45. The van der Waals surface area contributed by atoms with Crippen LogP contribution < -0.4 is 4.74 Å². The molecule has 6 rings (SSSR count). The van der Waals surface area contributed by atoms with Crippen LogP contribution in [0.25, 0.3) is 27.8 Å². The molecule has 148 valence electrons. The molecule has 1 saturated heterocycles. The molecule has 0 amide bonds. The van der Waals surface area contributed by atoms with Crippen LogP contribution in [0.15, 0.2) is 30.9 Å². The van der Waals surface area contributed by atoms with Crippen molar-refractivity contribution in [2.45, 2.75) is 31.5 Å². The second-order valence-electron chi connectivity index (χ2n) is 7.85. The first-order chi connectivity index (χ1) is 14.1. The average molecular weight is 394 g/mol. The monoisotopic (exact) mass is 394 g/mol. The van der Waals surface area contributed by atoms with E-state index in [1.807, 2.05) is 19.2 Å². The number of nitrogens with zero attached hydrogens (tertiary/aromatic N) is 6. The highest BCUT2D eigenvalue weighted by Crippen LogP contribution is 2.39. The van der Waals surface area contributed by atoms with E-state index in [2.05, 4.69) is 30.7 Å². The fourth-order valence-electron chi connectivity index (χ4n) is 3.90. The molecule has 0 unspecified atom stereocenters. The summed E-state index contributed by atoms with van der Waals surface area (Å²) in [5, 5.41) is 4.26. The van der Waals surface area contributed by atoms with Gasteiger partial charge in [-0.3, -0.25) is 0 Å². The number of fused-ring (bicyclic) bond motifs is 2. The summed E-state index contributed by atoms with van der Waals surface area (Å²) in [5.41, 5.74) is 2.81. The van der Waals surface area contributed by atoms with Crippen molar-refractivity contribution in [2.75, 3.05) is 19.8 Å². The van der Waals surface area contributed by atoms with Gasteiger partial charge in [-0.15, -0.1) is 0 Å². The Hall–Kier alpha value is -3.07. The highest BCUT2D eigenvalue weighted by atomic mass is 19.1. The summed E-state index contributed by atoms with van der Waals surface area (Å²) >= 11 is 0. The number of aromatic nitrogens is 6. The first-order valence-corrected chi connectivity index (χ1v) is 9.68. The molecule has 4 aromatic heterocycles. The van der Waals surface area contributed by atoms with Crippen molar-refractivity contribution in [1.29, 1.82) is 0 Å². The van der Waals surface area contributed by atoms with E-state index in [0.29, 0.717) is 17.4 Å². The second kappa shape index (κ2) is 5.96. The molecular formula is C20H19FN6O2. The van der Waals surface area contributed by atoms with E-state index in [1.165, 1.54) is 19.2 Å². The summed E-state index contributed by atoms with van der Waals surface area (Å²) in [7, 11) is 0. The fourth-order valence-corrected chi connectivity index (χ4v) is 3.90. The Morgan fingerprint density at radius 1 is 1.31 bits per heavy atom. The molecule has 9 heteroatoms. The van der Waals surface area contributed by atoms with Crippen molar-refractivity contribution in [3.05, 3.63) is 36.7 Å². The Bertz CT molecular complexity index is 1240. The quantitative estimate of drug-likeness (QED) is 0.518. The first kappa shape index (κ1) is 16.8. The minimum Gasteiger partial charge on any atom is -0.472 e. The molecule has 2 aliphatic rings. The van der Waals surface area contributed by atoms with Crippen molar-refractivity contribution in [2.24, 2.45) is 0 Å². The van der Waals surface area contributed by atoms with E-state index < -0.39 is 5.67 Å². The lowest BCUT2D eigenvalue weighted by Crippen LogP contribution is -2.50. The fraction of sp³-hybridized carbons (Fsp3) is 0.400. The molecule has 5 heterocycles. The Kier molecular flexibility index (Phi) is 3.46. The van der Waals surface area contributed by atoms with Crippen LogP contribution in [0, 0.1) is 6.92 Å². The molecule has 0 atom stereocenters. The maximum Gasteiger partial charge on any atom is 0.242 e. The number of alkyl halides is 1. The zero-order valence-electron chi connectivity index (χ0n) is 15.9. The standard InChI is InChI=1S/C20H19FN6O2/c1-12-25-18-16(27(12)14-2-3-14)6-13(7-22-18)15-4-5-26-17(15)19(23-11-24-26)29-10-20(21)8-28-9-20/h4-7,11,14H,2-3,8-10H2,1H3. The summed E-state index contributed by atoms with van der Waals surface area (Å²) < 4.78 is 29.0. The maximum absolute atomic E-state index is 14.3. The van der Waals surface area contributed by atoms with Crippen molar-refractivity contribution in [1.82, 2.24) is 29.1 Å². The molecular weight excluding hydrogens is 375 g/mol. The van der Waals surface area contributed by atoms with Gasteiger partial charge >= 0.3 is 0 Å². The van der Waals surface area contributed by atoms with Crippen LogP contribution in [0.5, 0.6) is 5.88 Å². The summed E-state index contributed by atoms with van der Waals surface area (Å²) in [6.45, 7) is 2.01. The van der Waals surface area contributed by atoms with Gasteiger partial charge in [-0.25, -0.2) is 18.9 Å². The number of halogens is 1. The lowest BCUT2D eigenvalue weighted by atomic mass is 10.1. The number of aryl methyl sites for hydroxylation is 1. The molecule has 4 aromatic rings. The van der Waals surface area contributed by atoms with E-state index in [-0.39, 0.29) is 19.8 Å². The molecule has 0 N–H and O–H groups in total. The SMILES string of the molecule is Cc1nc2ncc(-c3ccn4ncnc(OCC5(F)COC5)c34)cc2n1C1CC1. The van der Waals surface area contributed by atoms with Gasteiger partial charge in [0.15, 0.2) is 11.3 Å². The van der Waals surface area contributed by atoms with Crippen molar-refractivity contribution in [3.63, 3.8) is 0 Å². The molecule has 0 bridgehead atoms. The normalized spacial score (nSPS) is 18.3. The van der Waals surface area contributed by atoms with Gasteiger partial charge in [-0.05, 0) is 31.9 Å². The van der Waals surface area contributed by atoms with E-state index in [1.54, 1.807) is 10.7 Å². The first-order valence-electron chi connectivity index (χ1n) is 9.68. The molecule has 0 spiro atoms. The zero-order chi connectivity index (χ0) is 19.6. The number of rotatable bonds is 5. The van der Waals surface area contributed by atoms with Crippen LogP contribution in [0.1, 0.15) is 24.7 Å². The van der Waals surface area contributed by atoms with Gasteiger partial charge in [-0.1, -0.05) is 0 Å². The molecule has 1 aliphatic heterocycles. The van der Waals surface area contributed by atoms with E-state index >= 15 is 0 Å². The number of pyridine rings is 1. The molecule has 1 aliphatic carbocycles. The zero-order valence-corrected chi connectivity index (χ0v) is 15.9. The molecule has 8 nitrogen and oxygen atoms in total. The summed E-state index contributed by atoms with van der Waals surface area (Å²) in [6, 6.07) is 4.56. The van der Waals surface area contributed by atoms with Gasteiger partial charge in [0.1, 0.15) is 24.3 Å². The van der Waals surface area contributed by atoms with Crippen molar-refractivity contribution in [3.8, 4) is 17.0 Å². The Morgan fingerprint density at radius 3 is 2.93 bits per heavy atom. The second-order valence-corrected chi connectivity index (χ2v) is 7.85. The number of imidazole rings is 1. The van der Waals surface area contributed by atoms with E-state index in [9.17, 15) is 4.39 Å². The Balaban J connectivity index is 1.45. The largest absolute Gasteiger partial charge is 0.472 e. The predicted molar refractivity (Wildman–Crippen MR) is 103 cm³/mol. The minimum absolute atomic E-state index is 0.0489. The van der Waals surface area contributed by atoms with E-state index in [0.717, 1.165) is 28.1 Å². The van der Waals surface area contributed by atoms with Crippen LogP contribution >= 0.6 is 0 Å².